The molecule has 2 N–H and O–H groups in total. The van der Waals surface area contributed by atoms with Crippen molar-refractivity contribution >= 4 is 11.9 Å². The molecule has 4 heteroatoms. The maximum Gasteiger partial charge on any atom is 0.305 e. The Hall–Kier alpha value is -1.06. The number of nitrogens with one attached hydrogen (secondary N) is 1. The minimum absolute atomic E-state index is 0.0216. The van der Waals surface area contributed by atoms with Crippen LogP contribution in [0.4, 0.5) is 0 Å². The second-order valence-electron chi connectivity index (χ2n) is 6.96. The minimum atomic E-state index is -0.869. The highest BCUT2D eigenvalue weighted by atomic mass is 16.4. The van der Waals surface area contributed by atoms with E-state index in [9.17, 15) is 9.59 Å². The summed E-state index contributed by atoms with van der Waals surface area (Å²) in [6, 6.07) is -0.313. The molecule has 1 atom stereocenters. The van der Waals surface area contributed by atoms with E-state index in [1.807, 2.05) is 20.8 Å². The van der Waals surface area contributed by atoms with Crippen molar-refractivity contribution in [2.45, 2.75) is 91.5 Å². The lowest BCUT2D eigenvalue weighted by molar-refractivity contribution is -0.138. The van der Waals surface area contributed by atoms with Crippen LogP contribution in [0.1, 0.15) is 85.5 Å². The topological polar surface area (TPSA) is 66.4 Å². The zero-order valence-corrected chi connectivity index (χ0v) is 14.2. The zero-order chi connectivity index (χ0) is 16.3. The van der Waals surface area contributed by atoms with Gasteiger partial charge in [0, 0.05) is 12.5 Å². The maximum absolute atomic E-state index is 11.9. The van der Waals surface area contributed by atoms with Crippen LogP contribution < -0.4 is 5.32 Å². The van der Waals surface area contributed by atoms with Gasteiger partial charge in [0.1, 0.15) is 0 Å². The van der Waals surface area contributed by atoms with Crippen LogP contribution in [0.15, 0.2) is 0 Å². The Morgan fingerprint density at radius 2 is 1.52 bits per heavy atom. The normalized spacial score (nSPS) is 13.0. The van der Waals surface area contributed by atoms with Crippen LogP contribution in [0.5, 0.6) is 0 Å². The molecule has 0 aliphatic heterocycles. The van der Waals surface area contributed by atoms with Crippen molar-refractivity contribution in [3.63, 3.8) is 0 Å². The Morgan fingerprint density at radius 3 is 2.00 bits per heavy atom. The highest BCUT2D eigenvalue weighted by Gasteiger charge is 2.28. The predicted octanol–water partition coefficient (Wildman–Crippen LogP) is 4.13. The summed E-state index contributed by atoms with van der Waals surface area (Å²) in [5, 5.41) is 11.8. The lowest BCUT2D eigenvalue weighted by Gasteiger charge is -2.30. The van der Waals surface area contributed by atoms with E-state index < -0.39 is 5.97 Å². The van der Waals surface area contributed by atoms with Gasteiger partial charge in [0.2, 0.25) is 5.91 Å². The van der Waals surface area contributed by atoms with E-state index in [1.165, 1.54) is 32.1 Å². The Bertz CT molecular complexity index is 308. The van der Waals surface area contributed by atoms with Gasteiger partial charge in [0.05, 0.1) is 6.42 Å². The number of carboxylic acids is 1. The largest absolute Gasteiger partial charge is 0.481 e. The molecule has 0 heterocycles. The number of rotatable bonds is 11. The Balaban J connectivity index is 3.91. The molecule has 0 aliphatic carbocycles. The van der Waals surface area contributed by atoms with Gasteiger partial charge in [-0.15, -0.1) is 0 Å². The smallest absolute Gasteiger partial charge is 0.305 e. The van der Waals surface area contributed by atoms with Gasteiger partial charge in [-0.2, -0.15) is 0 Å². The van der Waals surface area contributed by atoms with Gasteiger partial charge in [-0.25, -0.2) is 0 Å². The third-order valence-electron chi connectivity index (χ3n) is 3.77. The number of unbranched alkanes of at least 4 members (excludes halogenated alkanes) is 6. The Morgan fingerprint density at radius 1 is 1.00 bits per heavy atom. The van der Waals surface area contributed by atoms with E-state index in [2.05, 4.69) is 12.2 Å². The molecule has 0 radical (unpaired) electrons. The SMILES string of the molecule is CCCCCCCCCC(=O)NC(CC(=O)O)C(C)(C)C. The maximum atomic E-state index is 11.9. The number of carboxylic acid groups (broad SMARTS) is 1. The van der Waals surface area contributed by atoms with Crippen LogP contribution in [-0.2, 0) is 9.59 Å². The van der Waals surface area contributed by atoms with Crippen molar-refractivity contribution in [1.29, 1.82) is 0 Å². The Kier molecular flexibility index (Phi) is 10.1. The van der Waals surface area contributed by atoms with Crippen molar-refractivity contribution in [3.8, 4) is 0 Å². The van der Waals surface area contributed by atoms with Gasteiger partial charge in [-0.3, -0.25) is 9.59 Å². The predicted molar refractivity (Wildman–Crippen MR) is 86.2 cm³/mol. The number of aliphatic carboxylic acids is 1. The van der Waals surface area contributed by atoms with E-state index >= 15 is 0 Å². The van der Waals surface area contributed by atoms with Gasteiger partial charge in [-0.05, 0) is 11.8 Å². The summed E-state index contributed by atoms with van der Waals surface area (Å²) in [7, 11) is 0. The molecular formula is C17H33NO3. The van der Waals surface area contributed by atoms with Crippen molar-refractivity contribution in [1.82, 2.24) is 5.32 Å². The van der Waals surface area contributed by atoms with Crippen molar-refractivity contribution in [2.24, 2.45) is 5.41 Å². The summed E-state index contributed by atoms with van der Waals surface area (Å²) in [5.41, 5.74) is -0.242. The first-order chi connectivity index (χ1) is 9.77. The van der Waals surface area contributed by atoms with E-state index in [0.717, 1.165) is 12.8 Å². The number of hydrogen-bond donors (Lipinski definition) is 2. The lowest BCUT2D eigenvalue weighted by Crippen LogP contribution is -2.45. The van der Waals surface area contributed by atoms with Gasteiger partial charge in [0.15, 0.2) is 0 Å². The number of amides is 1. The van der Waals surface area contributed by atoms with Crippen LogP contribution in [0.3, 0.4) is 0 Å². The summed E-state index contributed by atoms with van der Waals surface area (Å²) in [6.07, 6.45) is 8.71. The summed E-state index contributed by atoms with van der Waals surface area (Å²) in [5.74, 6) is -0.893. The molecule has 0 rings (SSSR count). The van der Waals surface area contributed by atoms with Crippen LogP contribution in [0.2, 0.25) is 0 Å². The van der Waals surface area contributed by atoms with Gasteiger partial charge in [-0.1, -0.05) is 66.2 Å². The molecule has 0 spiro atoms. The molecule has 0 saturated carbocycles. The van der Waals surface area contributed by atoms with Crippen LogP contribution in [-0.4, -0.2) is 23.0 Å². The number of hydrogen-bond acceptors (Lipinski definition) is 2. The zero-order valence-electron chi connectivity index (χ0n) is 14.2. The lowest BCUT2D eigenvalue weighted by atomic mass is 9.84. The summed E-state index contributed by atoms with van der Waals surface area (Å²) < 4.78 is 0. The first-order valence-corrected chi connectivity index (χ1v) is 8.28. The molecule has 124 valence electrons. The fraction of sp³-hybridized carbons (Fsp3) is 0.882. The molecule has 0 aromatic heterocycles. The highest BCUT2D eigenvalue weighted by Crippen LogP contribution is 2.22. The molecule has 21 heavy (non-hydrogen) atoms. The van der Waals surface area contributed by atoms with Crippen molar-refractivity contribution in [2.75, 3.05) is 0 Å². The minimum Gasteiger partial charge on any atom is -0.481 e. The van der Waals surface area contributed by atoms with E-state index in [-0.39, 0.29) is 23.8 Å². The van der Waals surface area contributed by atoms with Gasteiger partial charge in [0.25, 0.3) is 0 Å². The van der Waals surface area contributed by atoms with E-state index in [0.29, 0.717) is 6.42 Å². The third kappa shape index (κ3) is 11.3. The average Bonchev–Trinajstić information content (AvgIpc) is 2.35. The second-order valence-corrected chi connectivity index (χ2v) is 6.96. The van der Waals surface area contributed by atoms with E-state index in [4.69, 9.17) is 5.11 Å². The van der Waals surface area contributed by atoms with E-state index in [1.54, 1.807) is 0 Å². The first kappa shape index (κ1) is 19.9. The molecule has 1 unspecified atom stereocenters. The molecule has 0 aromatic rings. The summed E-state index contributed by atoms with van der Waals surface area (Å²) in [6.45, 7) is 8.06. The summed E-state index contributed by atoms with van der Waals surface area (Å²) >= 11 is 0. The molecular weight excluding hydrogens is 266 g/mol. The van der Waals surface area contributed by atoms with Gasteiger partial charge < -0.3 is 10.4 Å². The standard InChI is InChI=1S/C17H33NO3/c1-5-6-7-8-9-10-11-12-15(19)18-14(13-16(20)21)17(2,3)4/h14H,5-13H2,1-4H3,(H,18,19)(H,20,21). The van der Waals surface area contributed by atoms with Crippen LogP contribution in [0, 0.1) is 5.41 Å². The average molecular weight is 299 g/mol. The number of carbonyl (C=O) groups is 2. The molecule has 4 nitrogen and oxygen atoms in total. The van der Waals surface area contributed by atoms with Crippen LogP contribution in [0.25, 0.3) is 0 Å². The summed E-state index contributed by atoms with van der Waals surface area (Å²) in [4.78, 5) is 22.8. The molecule has 0 saturated heterocycles. The fourth-order valence-corrected chi connectivity index (χ4v) is 2.26. The number of carbonyl (C=O) groups excluding carboxylic acids is 1. The fourth-order valence-electron chi connectivity index (χ4n) is 2.26. The second kappa shape index (κ2) is 10.6. The highest BCUT2D eigenvalue weighted by molar-refractivity contribution is 5.77. The molecule has 0 aliphatic rings. The molecule has 0 bridgehead atoms. The quantitative estimate of drug-likeness (QED) is 0.564. The van der Waals surface area contributed by atoms with Crippen LogP contribution >= 0.6 is 0 Å². The monoisotopic (exact) mass is 299 g/mol. The molecule has 1 amide bonds. The first-order valence-electron chi connectivity index (χ1n) is 8.28. The molecule has 0 fully saturated rings. The third-order valence-corrected chi connectivity index (χ3v) is 3.77. The van der Waals surface area contributed by atoms with Crippen molar-refractivity contribution < 1.29 is 14.7 Å². The van der Waals surface area contributed by atoms with Gasteiger partial charge >= 0.3 is 5.97 Å². The molecule has 0 aromatic carbocycles. The van der Waals surface area contributed by atoms with Crippen molar-refractivity contribution in [3.05, 3.63) is 0 Å². The Labute approximate surface area is 129 Å².